The summed E-state index contributed by atoms with van der Waals surface area (Å²) in [6.45, 7) is 5.03. The summed E-state index contributed by atoms with van der Waals surface area (Å²) >= 11 is 2.17. The Morgan fingerprint density at radius 3 is 2.65 bits per heavy atom. The van der Waals surface area contributed by atoms with Crippen LogP contribution in [0.4, 0.5) is 0 Å². The number of hydrogen-bond acceptors (Lipinski definition) is 6. The highest BCUT2D eigenvalue weighted by Gasteiger charge is 2.55. The number of benzene rings is 1. The first-order valence-corrected chi connectivity index (χ1v) is 14.2. The lowest BCUT2D eigenvalue weighted by molar-refractivity contribution is -0.151. The second kappa shape index (κ2) is 12.0. The normalized spacial score (nSPS) is 30.1. The van der Waals surface area contributed by atoms with Gasteiger partial charge in [-0.05, 0) is 83.2 Å². The minimum atomic E-state index is -1.03. The Morgan fingerprint density at radius 1 is 1.24 bits per heavy atom. The molecule has 0 aromatic heterocycles. The first kappa shape index (κ1) is 28.3. The Kier molecular flexibility index (Phi) is 9.19. The maximum absolute atomic E-state index is 13.4. The van der Waals surface area contributed by atoms with Crippen LogP contribution in [-0.2, 0) is 14.3 Å². The number of methoxy groups -OCH3 is 1. The summed E-state index contributed by atoms with van der Waals surface area (Å²) in [4.78, 5) is 28.1. The maximum atomic E-state index is 13.4. The van der Waals surface area contributed by atoms with Crippen molar-refractivity contribution < 1.29 is 29.3 Å². The molecule has 4 aliphatic rings. The topological polar surface area (TPSA) is 108 Å². The molecule has 2 amide bonds. The monoisotopic (exact) mass is 626 g/mol. The van der Waals surface area contributed by atoms with Crippen LogP contribution in [0.1, 0.15) is 39.5 Å². The Morgan fingerprint density at radius 2 is 2.00 bits per heavy atom. The Hall–Kier alpha value is -1.69. The second-order valence-corrected chi connectivity index (χ2v) is 12.3. The van der Waals surface area contributed by atoms with E-state index in [0.29, 0.717) is 29.7 Å². The highest BCUT2D eigenvalue weighted by atomic mass is 127. The highest BCUT2D eigenvalue weighted by molar-refractivity contribution is 14.1. The van der Waals surface area contributed by atoms with Crippen molar-refractivity contribution in [2.75, 3.05) is 33.4 Å². The van der Waals surface area contributed by atoms with E-state index in [1.807, 2.05) is 24.3 Å². The molecule has 9 heteroatoms. The van der Waals surface area contributed by atoms with E-state index in [1.54, 1.807) is 11.0 Å². The molecule has 0 radical (unpaired) electrons. The fraction of sp³-hybridized carbons (Fsp3) is 0.643. The van der Waals surface area contributed by atoms with Gasteiger partial charge in [0, 0.05) is 32.2 Å². The van der Waals surface area contributed by atoms with E-state index in [9.17, 15) is 19.8 Å². The molecular formula is C28H39IN2O6. The number of amides is 2. The standard InChI is InChI=1S/C28H39IN2O6/c1-28(2)19-9-8-17(20(28)14-19)15-31(25(33)16-36-3)22-12-18(27(35)30-10-11-32)13-24(26(22)34)37-23-7-5-4-6-21(23)29/h4-7,13,17,19-20,22,24,26,32,34H,8-12,14-16H2,1-3H3,(H,30,35). The lowest BCUT2D eigenvalue weighted by Gasteiger charge is -2.61. The number of fused-ring (bicyclic) bond motifs is 2. The first-order valence-electron chi connectivity index (χ1n) is 13.1. The number of hydrogen-bond donors (Lipinski definition) is 3. The zero-order valence-electron chi connectivity index (χ0n) is 21.9. The quantitative estimate of drug-likeness (QED) is 0.345. The number of aliphatic hydroxyl groups is 2. The second-order valence-electron chi connectivity index (χ2n) is 11.1. The van der Waals surface area contributed by atoms with Gasteiger partial charge in [0.2, 0.25) is 11.8 Å². The van der Waals surface area contributed by atoms with E-state index in [2.05, 4.69) is 41.8 Å². The van der Waals surface area contributed by atoms with Gasteiger partial charge in [-0.3, -0.25) is 9.59 Å². The van der Waals surface area contributed by atoms with E-state index in [-0.39, 0.29) is 43.4 Å². The van der Waals surface area contributed by atoms with Gasteiger partial charge in [-0.25, -0.2) is 0 Å². The summed E-state index contributed by atoms with van der Waals surface area (Å²) < 4.78 is 12.3. The molecule has 6 atom stereocenters. The summed E-state index contributed by atoms with van der Waals surface area (Å²) in [5, 5.41) is 23.5. The first-order chi connectivity index (χ1) is 17.7. The van der Waals surface area contributed by atoms with Gasteiger partial charge >= 0.3 is 0 Å². The van der Waals surface area contributed by atoms with Crippen LogP contribution in [0.5, 0.6) is 5.75 Å². The summed E-state index contributed by atoms with van der Waals surface area (Å²) in [5.41, 5.74) is 0.692. The molecule has 3 N–H and O–H groups in total. The molecule has 3 fully saturated rings. The van der Waals surface area contributed by atoms with Crippen LogP contribution in [0.2, 0.25) is 0 Å². The van der Waals surface area contributed by atoms with E-state index in [1.165, 1.54) is 13.5 Å². The van der Waals surface area contributed by atoms with E-state index < -0.39 is 18.2 Å². The Labute approximate surface area is 232 Å². The molecule has 1 aromatic rings. The van der Waals surface area contributed by atoms with Crippen LogP contribution in [-0.4, -0.2) is 78.6 Å². The van der Waals surface area contributed by atoms with Gasteiger partial charge in [0.1, 0.15) is 24.6 Å². The fourth-order valence-corrected chi connectivity index (χ4v) is 7.04. The van der Waals surface area contributed by atoms with Gasteiger partial charge in [-0.2, -0.15) is 0 Å². The number of nitrogens with zero attached hydrogens (tertiary/aromatic N) is 1. The molecule has 4 aliphatic carbocycles. The van der Waals surface area contributed by atoms with Crippen molar-refractivity contribution in [1.29, 1.82) is 0 Å². The number of carbonyl (C=O) groups is 2. The van der Waals surface area contributed by atoms with Crippen LogP contribution >= 0.6 is 22.6 Å². The maximum Gasteiger partial charge on any atom is 0.248 e. The number of nitrogens with one attached hydrogen (secondary N) is 1. The molecule has 0 spiro atoms. The summed E-state index contributed by atoms with van der Waals surface area (Å²) in [6.07, 6.45) is 3.39. The summed E-state index contributed by atoms with van der Waals surface area (Å²) in [6, 6.07) is 6.85. The molecule has 1 aromatic carbocycles. The van der Waals surface area contributed by atoms with E-state index in [4.69, 9.17) is 9.47 Å². The average Bonchev–Trinajstić information content (AvgIpc) is 2.88. The molecule has 2 bridgehead atoms. The average molecular weight is 627 g/mol. The molecule has 5 rings (SSSR count). The lowest BCUT2D eigenvalue weighted by atomic mass is 9.45. The van der Waals surface area contributed by atoms with Gasteiger partial charge in [0.15, 0.2) is 0 Å². The number of rotatable bonds is 10. The third-order valence-corrected chi connectivity index (χ3v) is 9.63. The number of halogens is 1. The van der Waals surface area contributed by atoms with Gasteiger partial charge in [-0.15, -0.1) is 0 Å². The molecule has 3 saturated carbocycles. The third-order valence-electron chi connectivity index (χ3n) is 8.74. The zero-order valence-corrected chi connectivity index (χ0v) is 24.0. The number of para-hydroxylation sites is 1. The minimum absolute atomic E-state index is 0.0928. The lowest BCUT2D eigenvalue weighted by Crippen LogP contribution is -2.60. The molecular weight excluding hydrogens is 587 g/mol. The van der Waals surface area contributed by atoms with Crippen LogP contribution < -0.4 is 10.1 Å². The van der Waals surface area contributed by atoms with Gasteiger partial charge < -0.3 is 29.9 Å². The van der Waals surface area contributed by atoms with Gasteiger partial charge in [0.05, 0.1) is 16.2 Å². The highest BCUT2D eigenvalue weighted by Crippen LogP contribution is 2.61. The van der Waals surface area contributed by atoms with Gasteiger partial charge in [0.25, 0.3) is 0 Å². The van der Waals surface area contributed by atoms with Gasteiger partial charge in [-0.1, -0.05) is 26.0 Å². The Bertz CT molecular complexity index is 1010. The van der Waals surface area contributed by atoms with E-state index in [0.717, 1.165) is 22.3 Å². The summed E-state index contributed by atoms with van der Waals surface area (Å²) in [7, 11) is 1.49. The van der Waals surface area contributed by atoms with Crippen molar-refractivity contribution in [2.24, 2.45) is 23.2 Å². The molecule has 204 valence electrons. The van der Waals surface area contributed by atoms with Crippen LogP contribution in [0.15, 0.2) is 35.9 Å². The van der Waals surface area contributed by atoms with Crippen molar-refractivity contribution in [2.45, 2.75) is 57.8 Å². The minimum Gasteiger partial charge on any atom is -0.482 e. The zero-order chi connectivity index (χ0) is 26.7. The molecule has 8 nitrogen and oxygen atoms in total. The largest absolute Gasteiger partial charge is 0.482 e. The van der Waals surface area contributed by atoms with Crippen molar-refractivity contribution in [3.05, 3.63) is 39.5 Å². The Balaban J connectivity index is 1.63. The SMILES string of the molecule is COCC(=O)N(CC1CCC2CC1C2(C)C)C1CC(C(=O)NCCO)=CC(Oc2ccccc2I)C1O. The molecule has 37 heavy (non-hydrogen) atoms. The predicted octanol–water partition coefficient (Wildman–Crippen LogP) is 2.75. The molecule has 0 heterocycles. The smallest absolute Gasteiger partial charge is 0.248 e. The van der Waals surface area contributed by atoms with E-state index >= 15 is 0 Å². The van der Waals surface area contributed by atoms with Crippen molar-refractivity contribution >= 4 is 34.4 Å². The molecule has 0 aliphatic heterocycles. The van der Waals surface area contributed by atoms with Crippen LogP contribution in [0.25, 0.3) is 0 Å². The van der Waals surface area contributed by atoms with Crippen LogP contribution in [0.3, 0.4) is 0 Å². The third kappa shape index (κ3) is 5.99. The number of aliphatic hydroxyl groups excluding tert-OH is 2. The summed E-state index contributed by atoms with van der Waals surface area (Å²) in [5.74, 6) is 1.68. The van der Waals surface area contributed by atoms with Crippen molar-refractivity contribution in [1.82, 2.24) is 10.2 Å². The van der Waals surface area contributed by atoms with Crippen LogP contribution in [0, 0.1) is 26.7 Å². The fourth-order valence-electron chi connectivity index (χ4n) is 6.53. The predicted molar refractivity (Wildman–Crippen MR) is 148 cm³/mol. The van der Waals surface area contributed by atoms with Crippen molar-refractivity contribution in [3.63, 3.8) is 0 Å². The van der Waals surface area contributed by atoms with Crippen molar-refractivity contribution in [3.8, 4) is 5.75 Å². The molecule has 0 saturated heterocycles. The molecule has 6 unspecified atom stereocenters. The number of carbonyl (C=O) groups excluding carboxylic acids is 2. The number of ether oxygens (including phenoxy) is 2.